The Bertz CT molecular complexity index is 843. The Morgan fingerprint density at radius 1 is 1.03 bits per heavy atom. The van der Waals surface area contributed by atoms with Crippen LogP contribution in [0.15, 0.2) is 54.6 Å². The summed E-state index contributed by atoms with van der Waals surface area (Å²) in [6.45, 7) is 11.8. The van der Waals surface area contributed by atoms with E-state index in [1.807, 2.05) is 61.5 Å². The highest BCUT2D eigenvalue weighted by atomic mass is 16.2. The van der Waals surface area contributed by atoms with Gasteiger partial charge in [-0.25, -0.2) is 4.79 Å². The van der Waals surface area contributed by atoms with Crippen molar-refractivity contribution in [3.05, 3.63) is 60.2 Å². The zero-order valence-corrected chi connectivity index (χ0v) is 19.6. The first-order chi connectivity index (χ1) is 14.6. The molecule has 0 bridgehead atoms. The molecule has 0 heterocycles. The summed E-state index contributed by atoms with van der Waals surface area (Å²) in [6.07, 6.45) is 2.23. The molecule has 2 aromatic carbocycles. The highest BCUT2D eigenvalue weighted by Crippen LogP contribution is 2.25. The van der Waals surface area contributed by atoms with Crippen LogP contribution in [0.2, 0.25) is 0 Å². The van der Waals surface area contributed by atoms with Crippen molar-refractivity contribution >= 4 is 23.3 Å². The van der Waals surface area contributed by atoms with Gasteiger partial charge in [-0.15, -0.1) is 0 Å². The van der Waals surface area contributed by atoms with Gasteiger partial charge >= 0.3 is 6.03 Å². The molecule has 2 rings (SSSR count). The van der Waals surface area contributed by atoms with Gasteiger partial charge in [-0.2, -0.15) is 0 Å². The summed E-state index contributed by atoms with van der Waals surface area (Å²) in [4.78, 5) is 26.9. The number of urea groups is 1. The Hall–Kier alpha value is -2.82. The smallest absolute Gasteiger partial charge is 0.326 e. The molecule has 0 aromatic heterocycles. The third kappa shape index (κ3) is 9.24. The van der Waals surface area contributed by atoms with Crippen molar-refractivity contribution in [2.24, 2.45) is 11.3 Å². The minimum atomic E-state index is -0.179. The molecule has 2 aromatic rings. The predicted octanol–water partition coefficient (Wildman–Crippen LogP) is 6.00. The summed E-state index contributed by atoms with van der Waals surface area (Å²) >= 11 is 0. The Morgan fingerprint density at radius 2 is 1.74 bits per heavy atom. The average Bonchev–Trinajstić information content (AvgIpc) is 2.67. The van der Waals surface area contributed by atoms with Crippen LogP contribution in [0.4, 0.5) is 16.2 Å². The number of carbonyl (C=O) groups excluding carboxylic acids is 2. The Kier molecular flexibility index (Phi) is 9.10. The fourth-order valence-corrected chi connectivity index (χ4v) is 3.84. The molecule has 0 saturated carbocycles. The molecule has 0 radical (unpaired) electrons. The van der Waals surface area contributed by atoms with Crippen molar-refractivity contribution in [3.63, 3.8) is 0 Å². The Morgan fingerprint density at radius 3 is 2.39 bits per heavy atom. The van der Waals surface area contributed by atoms with Gasteiger partial charge in [-0.1, -0.05) is 58.0 Å². The molecule has 2 N–H and O–H groups in total. The van der Waals surface area contributed by atoms with E-state index in [1.54, 1.807) is 4.90 Å². The van der Waals surface area contributed by atoms with E-state index < -0.39 is 0 Å². The Labute approximate surface area is 187 Å². The first kappa shape index (κ1) is 24.4. The summed E-state index contributed by atoms with van der Waals surface area (Å²) in [5, 5.41) is 5.98. The lowest BCUT2D eigenvalue weighted by Crippen LogP contribution is -2.37. The molecule has 3 amide bonds. The highest BCUT2D eigenvalue weighted by Gasteiger charge is 2.18. The van der Waals surface area contributed by atoms with E-state index in [2.05, 4.69) is 38.3 Å². The number of nitrogens with zero attached hydrogens (tertiary/aromatic N) is 1. The largest absolute Gasteiger partial charge is 0.356 e. The molecule has 0 spiro atoms. The molecule has 5 nitrogen and oxygen atoms in total. The van der Waals surface area contributed by atoms with Crippen LogP contribution in [0.25, 0.3) is 0 Å². The van der Waals surface area contributed by atoms with E-state index in [0.29, 0.717) is 31.8 Å². The summed E-state index contributed by atoms with van der Waals surface area (Å²) in [5.74, 6) is 0.424. The van der Waals surface area contributed by atoms with Crippen molar-refractivity contribution in [2.75, 3.05) is 23.3 Å². The summed E-state index contributed by atoms with van der Waals surface area (Å²) in [5.41, 5.74) is 2.91. The third-order valence-corrected chi connectivity index (χ3v) is 4.96. The van der Waals surface area contributed by atoms with Gasteiger partial charge in [0.15, 0.2) is 0 Å². The van der Waals surface area contributed by atoms with Crippen LogP contribution in [0, 0.1) is 18.3 Å². The van der Waals surface area contributed by atoms with E-state index in [0.717, 1.165) is 23.4 Å². The van der Waals surface area contributed by atoms with Crippen molar-refractivity contribution in [1.29, 1.82) is 0 Å². The number of amides is 3. The van der Waals surface area contributed by atoms with E-state index >= 15 is 0 Å². The number of carbonyl (C=O) groups is 2. The minimum Gasteiger partial charge on any atom is -0.356 e. The number of anilines is 2. The fourth-order valence-electron chi connectivity index (χ4n) is 3.84. The Balaban J connectivity index is 1.89. The van der Waals surface area contributed by atoms with Gasteiger partial charge in [0.2, 0.25) is 5.91 Å². The molecule has 0 aliphatic rings. The molecule has 0 saturated heterocycles. The second kappa shape index (κ2) is 11.5. The van der Waals surface area contributed by atoms with Gasteiger partial charge in [0.05, 0.1) is 0 Å². The first-order valence-electron chi connectivity index (χ1n) is 11.1. The molecule has 168 valence electrons. The second-order valence-corrected chi connectivity index (χ2v) is 9.56. The number of benzene rings is 2. The van der Waals surface area contributed by atoms with Crippen LogP contribution < -0.4 is 15.5 Å². The van der Waals surface area contributed by atoms with E-state index in [4.69, 9.17) is 0 Å². The second-order valence-electron chi connectivity index (χ2n) is 9.56. The normalized spacial score (nSPS) is 12.2. The van der Waals surface area contributed by atoms with Crippen LogP contribution in [-0.2, 0) is 4.79 Å². The van der Waals surface area contributed by atoms with Crippen molar-refractivity contribution in [1.82, 2.24) is 5.32 Å². The number of hydrogen-bond donors (Lipinski definition) is 2. The van der Waals surface area contributed by atoms with Gasteiger partial charge in [0.1, 0.15) is 0 Å². The zero-order chi connectivity index (χ0) is 22.9. The third-order valence-electron chi connectivity index (χ3n) is 4.96. The zero-order valence-electron chi connectivity index (χ0n) is 19.6. The van der Waals surface area contributed by atoms with Crippen molar-refractivity contribution in [3.8, 4) is 0 Å². The summed E-state index contributed by atoms with van der Waals surface area (Å²) in [6, 6.07) is 17.2. The van der Waals surface area contributed by atoms with Crippen LogP contribution in [0.3, 0.4) is 0 Å². The predicted molar refractivity (Wildman–Crippen MR) is 129 cm³/mol. The molecule has 0 fully saturated rings. The van der Waals surface area contributed by atoms with Crippen LogP contribution in [0.5, 0.6) is 0 Å². The number of para-hydroxylation sites is 1. The number of nitrogens with one attached hydrogen (secondary N) is 2. The molecule has 1 atom stereocenters. The number of rotatable bonds is 9. The van der Waals surface area contributed by atoms with Crippen molar-refractivity contribution < 1.29 is 9.59 Å². The topological polar surface area (TPSA) is 61.4 Å². The van der Waals surface area contributed by atoms with Crippen molar-refractivity contribution in [2.45, 2.75) is 53.9 Å². The first-order valence-corrected chi connectivity index (χ1v) is 11.1. The standard InChI is InChI=1S/C26H37N3O2/c1-20-11-9-12-22(17-20)28-25(31)29(23-13-7-6-8-14-23)16-10-15-27-24(30)18-21(2)19-26(3,4)5/h6-9,11-14,17,21H,10,15-16,18-19H2,1-5H3,(H,27,30)(H,28,31). The molecule has 0 aliphatic heterocycles. The van der Waals surface area contributed by atoms with E-state index in [1.165, 1.54) is 0 Å². The molecular weight excluding hydrogens is 386 g/mol. The minimum absolute atomic E-state index is 0.0761. The van der Waals surface area contributed by atoms with E-state index in [-0.39, 0.29) is 17.4 Å². The fraction of sp³-hybridized carbons (Fsp3) is 0.462. The molecule has 31 heavy (non-hydrogen) atoms. The lowest BCUT2D eigenvalue weighted by molar-refractivity contribution is -0.122. The van der Waals surface area contributed by atoms with Gasteiger partial charge in [0, 0.05) is 30.9 Å². The van der Waals surface area contributed by atoms with Crippen LogP contribution in [0.1, 0.15) is 52.5 Å². The maximum Gasteiger partial charge on any atom is 0.326 e. The SMILES string of the molecule is Cc1cccc(NC(=O)N(CCCNC(=O)CC(C)CC(C)(C)C)c2ccccc2)c1. The maximum atomic E-state index is 13.0. The van der Waals surface area contributed by atoms with Gasteiger partial charge < -0.3 is 10.6 Å². The van der Waals surface area contributed by atoms with Gasteiger partial charge in [-0.3, -0.25) is 9.69 Å². The molecule has 1 unspecified atom stereocenters. The molecular formula is C26H37N3O2. The monoisotopic (exact) mass is 423 g/mol. The molecule has 0 aliphatic carbocycles. The number of aryl methyl sites for hydroxylation is 1. The molecule has 5 heteroatoms. The average molecular weight is 424 g/mol. The lowest BCUT2D eigenvalue weighted by Gasteiger charge is -2.24. The number of hydrogen-bond acceptors (Lipinski definition) is 2. The summed E-state index contributed by atoms with van der Waals surface area (Å²) in [7, 11) is 0. The summed E-state index contributed by atoms with van der Waals surface area (Å²) < 4.78 is 0. The van der Waals surface area contributed by atoms with Crippen LogP contribution in [-0.4, -0.2) is 25.0 Å². The maximum absolute atomic E-state index is 13.0. The highest BCUT2D eigenvalue weighted by molar-refractivity contribution is 6.01. The van der Waals surface area contributed by atoms with Crippen LogP contribution >= 0.6 is 0 Å². The van der Waals surface area contributed by atoms with Gasteiger partial charge in [0.25, 0.3) is 0 Å². The van der Waals surface area contributed by atoms with E-state index in [9.17, 15) is 9.59 Å². The lowest BCUT2D eigenvalue weighted by atomic mass is 9.84. The van der Waals surface area contributed by atoms with Gasteiger partial charge in [-0.05, 0) is 60.9 Å². The quantitative estimate of drug-likeness (QED) is 0.486.